The monoisotopic (exact) mass is 716 g/mol. The molecular weight excluding hydrogens is 669 g/mol. The quantitative estimate of drug-likeness (QED) is 0.186. The van der Waals surface area contributed by atoms with Crippen LogP contribution in [0.15, 0.2) is 65.8 Å². The Balaban J connectivity index is 1.67. The highest BCUT2D eigenvalue weighted by Crippen LogP contribution is 2.33. The Hall–Kier alpha value is -4.62. The van der Waals surface area contributed by atoms with E-state index in [0.29, 0.717) is 29.6 Å². The summed E-state index contributed by atoms with van der Waals surface area (Å²) in [6.07, 6.45) is 3.73. The highest BCUT2D eigenvalue weighted by atomic mass is 32.2. The van der Waals surface area contributed by atoms with E-state index in [1.807, 2.05) is 39.0 Å². The maximum Gasteiger partial charge on any atom is 0.268 e. The number of carbonyl (C=O) groups is 1. The van der Waals surface area contributed by atoms with Crippen molar-refractivity contribution in [3.8, 4) is 22.9 Å². The lowest BCUT2D eigenvalue weighted by molar-refractivity contribution is 0.0505. The van der Waals surface area contributed by atoms with Crippen molar-refractivity contribution < 1.29 is 27.4 Å². The van der Waals surface area contributed by atoms with Crippen LogP contribution in [0.2, 0.25) is 0 Å². The molecule has 0 fully saturated rings. The largest absolute Gasteiger partial charge is 0.487 e. The first-order valence-corrected chi connectivity index (χ1v) is 18.5. The standard InChI is InChI=1S/C38H48N6O6S/c1-24(2)27(5)50-30-19-39-33(40-20-30)21-43-29(18-38(6,7)8)22-49-34-17-32(35-25(3)12-10-13-26(35)4)41-37(42-34)44(23-48-9)51(46,47)31-15-11-14-28(16-31)36(43)45/h10-17,19-20,24,27,29H,18,21-23H2,1-9H3/t27-,29+/m0/s1. The van der Waals surface area contributed by atoms with Crippen LogP contribution in [0, 0.1) is 25.2 Å². The van der Waals surface area contributed by atoms with Crippen molar-refractivity contribution in [1.29, 1.82) is 0 Å². The van der Waals surface area contributed by atoms with E-state index in [9.17, 15) is 13.2 Å². The van der Waals surface area contributed by atoms with Crippen LogP contribution >= 0.6 is 0 Å². The number of nitrogens with zero attached hydrogens (tertiary/aromatic N) is 6. The number of methoxy groups -OCH3 is 1. The summed E-state index contributed by atoms with van der Waals surface area (Å²) < 4.78 is 47.4. The molecule has 1 aliphatic rings. The second-order valence-corrected chi connectivity index (χ2v) is 16.4. The molecule has 5 rings (SSSR count). The number of anilines is 1. The predicted molar refractivity (Wildman–Crippen MR) is 195 cm³/mol. The summed E-state index contributed by atoms with van der Waals surface area (Å²) in [6, 6.07) is 13.1. The van der Waals surface area contributed by atoms with Crippen molar-refractivity contribution in [3.63, 3.8) is 0 Å². The first-order valence-electron chi connectivity index (χ1n) is 17.1. The summed E-state index contributed by atoms with van der Waals surface area (Å²) in [5.74, 6) is 0.874. The first kappa shape index (κ1) is 37.6. The van der Waals surface area contributed by atoms with Crippen LogP contribution < -0.4 is 13.8 Å². The second kappa shape index (κ2) is 15.3. The van der Waals surface area contributed by atoms with E-state index < -0.39 is 22.0 Å². The molecule has 0 aliphatic carbocycles. The fourth-order valence-corrected chi connectivity index (χ4v) is 7.20. The molecule has 0 unspecified atom stereocenters. The molecule has 51 heavy (non-hydrogen) atoms. The molecule has 2 aromatic carbocycles. The predicted octanol–water partition coefficient (Wildman–Crippen LogP) is 6.61. The molecule has 0 saturated carbocycles. The molecule has 0 saturated heterocycles. The molecule has 4 aromatic rings. The fourth-order valence-electron chi connectivity index (χ4n) is 5.88. The molecule has 0 spiro atoms. The average Bonchev–Trinajstić information content (AvgIpc) is 3.07. The van der Waals surface area contributed by atoms with Gasteiger partial charge < -0.3 is 19.1 Å². The van der Waals surface area contributed by atoms with Crippen LogP contribution in [0.3, 0.4) is 0 Å². The van der Waals surface area contributed by atoms with Gasteiger partial charge in [-0.1, -0.05) is 58.9 Å². The Morgan fingerprint density at radius 3 is 2.27 bits per heavy atom. The maximum absolute atomic E-state index is 14.5. The molecule has 12 nitrogen and oxygen atoms in total. The minimum absolute atomic E-state index is 0.0330. The highest BCUT2D eigenvalue weighted by molar-refractivity contribution is 7.92. The SMILES string of the molecule is COCN1c2nc(cc(-c3c(C)cccc3C)n2)OC[C@@H](CC(C)(C)C)N(Cc2ncc(O[C@@H](C)C(C)C)cn2)C(=O)c2cccc(c2)S1(=O)=O. The number of rotatable bonds is 9. The van der Waals surface area contributed by atoms with Gasteiger partial charge in [0.25, 0.3) is 15.9 Å². The third kappa shape index (κ3) is 8.82. The normalized spacial score (nSPS) is 16.9. The zero-order valence-corrected chi connectivity index (χ0v) is 31.7. The molecule has 13 heteroatoms. The Kier molecular flexibility index (Phi) is 11.3. The topological polar surface area (TPSA) is 137 Å². The third-order valence-electron chi connectivity index (χ3n) is 8.79. The molecule has 1 amide bonds. The van der Waals surface area contributed by atoms with E-state index in [2.05, 4.69) is 49.6 Å². The number of aromatic nitrogens is 4. The lowest BCUT2D eigenvalue weighted by Crippen LogP contribution is -2.45. The van der Waals surface area contributed by atoms with Crippen molar-refractivity contribution in [1.82, 2.24) is 24.8 Å². The molecule has 1 aliphatic heterocycles. The fraction of sp³-hybridized carbons (Fsp3) is 0.447. The maximum atomic E-state index is 14.5. The Morgan fingerprint density at radius 2 is 1.65 bits per heavy atom. The van der Waals surface area contributed by atoms with Gasteiger partial charge in [0, 0.05) is 24.3 Å². The number of ether oxygens (including phenoxy) is 3. The van der Waals surface area contributed by atoms with Gasteiger partial charge in [-0.25, -0.2) is 27.7 Å². The smallest absolute Gasteiger partial charge is 0.268 e. The van der Waals surface area contributed by atoms with Crippen LogP contribution in [0.1, 0.15) is 75.3 Å². The van der Waals surface area contributed by atoms with Crippen LogP contribution in [0.25, 0.3) is 11.3 Å². The lowest BCUT2D eigenvalue weighted by atomic mass is 9.87. The molecule has 0 N–H and O–H groups in total. The van der Waals surface area contributed by atoms with Gasteiger partial charge in [0.05, 0.1) is 41.7 Å². The van der Waals surface area contributed by atoms with Gasteiger partial charge in [-0.3, -0.25) is 4.79 Å². The molecule has 3 heterocycles. The van der Waals surface area contributed by atoms with Gasteiger partial charge in [-0.2, -0.15) is 4.98 Å². The molecule has 4 bridgehead atoms. The number of benzene rings is 2. The van der Waals surface area contributed by atoms with Crippen LogP contribution in [0.5, 0.6) is 11.6 Å². The van der Waals surface area contributed by atoms with Gasteiger partial charge in [0.15, 0.2) is 5.75 Å². The molecular formula is C38H48N6O6S. The molecule has 272 valence electrons. The number of hydrogen-bond acceptors (Lipinski definition) is 10. The van der Waals surface area contributed by atoms with E-state index in [-0.39, 0.29) is 53.7 Å². The zero-order chi connectivity index (χ0) is 37.1. The van der Waals surface area contributed by atoms with Gasteiger partial charge in [0.1, 0.15) is 19.2 Å². The van der Waals surface area contributed by atoms with E-state index in [1.54, 1.807) is 35.5 Å². The van der Waals surface area contributed by atoms with Crippen molar-refractivity contribution in [2.24, 2.45) is 11.3 Å². The van der Waals surface area contributed by atoms with E-state index in [0.717, 1.165) is 21.0 Å². The molecule has 2 atom stereocenters. The van der Waals surface area contributed by atoms with E-state index >= 15 is 0 Å². The Morgan fingerprint density at radius 1 is 0.980 bits per heavy atom. The summed E-state index contributed by atoms with van der Waals surface area (Å²) in [4.78, 5) is 34.6. The summed E-state index contributed by atoms with van der Waals surface area (Å²) in [5.41, 5.74) is 3.19. The van der Waals surface area contributed by atoms with E-state index in [4.69, 9.17) is 19.2 Å². The van der Waals surface area contributed by atoms with Gasteiger partial charge in [-0.15, -0.1) is 0 Å². The Labute approximate surface area is 301 Å². The van der Waals surface area contributed by atoms with Crippen molar-refractivity contribution in [2.75, 3.05) is 24.8 Å². The number of aryl methyl sites for hydroxylation is 2. The second-order valence-electron chi connectivity index (χ2n) is 14.5. The molecule has 0 radical (unpaired) electrons. The highest BCUT2D eigenvalue weighted by Gasteiger charge is 2.34. The average molecular weight is 717 g/mol. The van der Waals surface area contributed by atoms with Crippen LogP contribution in [-0.4, -0.2) is 71.8 Å². The Bertz CT molecular complexity index is 1940. The number of fused-ring (bicyclic) bond motifs is 4. The van der Waals surface area contributed by atoms with Crippen molar-refractivity contribution in [3.05, 3.63) is 83.4 Å². The minimum Gasteiger partial charge on any atom is -0.487 e. The number of hydrogen-bond donors (Lipinski definition) is 0. The summed E-state index contributed by atoms with van der Waals surface area (Å²) >= 11 is 0. The zero-order valence-electron chi connectivity index (χ0n) is 30.9. The third-order valence-corrected chi connectivity index (χ3v) is 10.5. The van der Waals surface area contributed by atoms with Gasteiger partial charge in [0.2, 0.25) is 11.8 Å². The van der Waals surface area contributed by atoms with Crippen molar-refractivity contribution in [2.45, 2.75) is 85.4 Å². The summed E-state index contributed by atoms with van der Waals surface area (Å²) in [6.45, 7) is 16.1. The van der Waals surface area contributed by atoms with Crippen LogP contribution in [0.4, 0.5) is 5.95 Å². The lowest BCUT2D eigenvalue weighted by Gasteiger charge is -2.35. The van der Waals surface area contributed by atoms with Gasteiger partial charge in [-0.05, 0) is 67.9 Å². The molecule has 2 aromatic heterocycles. The minimum atomic E-state index is -4.33. The summed E-state index contributed by atoms with van der Waals surface area (Å²) in [7, 11) is -2.93. The van der Waals surface area contributed by atoms with Crippen LogP contribution in [-0.2, 0) is 21.3 Å². The summed E-state index contributed by atoms with van der Waals surface area (Å²) in [5, 5.41) is 0. The van der Waals surface area contributed by atoms with Crippen molar-refractivity contribution >= 4 is 21.9 Å². The first-order chi connectivity index (χ1) is 24.1. The van der Waals surface area contributed by atoms with Gasteiger partial charge >= 0.3 is 0 Å². The number of amides is 1. The number of carbonyl (C=O) groups excluding carboxylic acids is 1. The number of sulfonamides is 1. The van der Waals surface area contributed by atoms with E-state index in [1.165, 1.54) is 19.2 Å².